The molecule has 0 aromatic heterocycles. The SMILES string of the molecule is C=CC1CCC(C=NN(C2CCCCC2)C2CCC3CCCCC3C2)CC1. The van der Waals surface area contributed by atoms with E-state index in [0.29, 0.717) is 5.92 Å². The zero-order valence-corrected chi connectivity index (χ0v) is 17.5. The smallest absolute Gasteiger partial charge is 0.0476 e. The first-order valence-corrected chi connectivity index (χ1v) is 12.3. The topological polar surface area (TPSA) is 15.6 Å². The Hall–Kier alpha value is -0.790. The van der Waals surface area contributed by atoms with Crippen LogP contribution in [0.3, 0.4) is 0 Å². The molecule has 152 valence electrons. The average Bonchev–Trinajstić information content (AvgIpc) is 2.75. The summed E-state index contributed by atoms with van der Waals surface area (Å²) >= 11 is 0. The third-order valence-electron chi connectivity index (χ3n) is 8.40. The molecule has 4 aliphatic carbocycles. The van der Waals surface area contributed by atoms with Gasteiger partial charge in [-0.3, -0.25) is 5.01 Å². The highest BCUT2D eigenvalue weighted by atomic mass is 15.5. The fourth-order valence-electron chi connectivity index (χ4n) is 6.62. The highest BCUT2D eigenvalue weighted by molar-refractivity contribution is 5.60. The van der Waals surface area contributed by atoms with E-state index in [1.165, 1.54) is 103 Å². The lowest BCUT2D eigenvalue weighted by Crippen LogP contribution is -2.45. The van der Waals surface area contributed by atoms with Gasteiger partial charge in [0.25, 0.3) is 0 Å². The summed E-state index contributed by atoms with van der Waals surface area (Å²) in [6.45, 7) is 4.00. The molecule has 2 heteroatoms. The number of hydrogen-bond donors (Lipinski definition) is 0. The van der Waals surface area contributed by atoms with E-state index in [1.807, 2.05) is 0 Å². The van der Waals surface area contributed by atoms with Gasteiger partial charge in [-0.05, 0) is 81.5 Å². The lowest BCUT2D eigenvalue weighted by molar-refractivity contribution is 0.0371. The monoisotopic (exact) mass is 370 g/mol. The first kappa shape index (κ1) is 19.5. The van der Waals surface area contributed by atoms with Crippen molar-refractivity contribution < 1.29 is 0 Å². The summed E-state index contributed by atoms with van der Waals surface area (Å²) in [5.74, 6) is 3.51. The van der Waals surface area contributed by atoms with Gasteiger partial charge in [0.1, 0.15) is 0 Å². The van der Waals surface area contributed by atoms with E-state index < -0.39 is 0 Å². The van der Waals surface area contributed by atoms with Crippen molar-refractivity contribution in [3.63, 3.8) is 0 Å². The summed E-state index contributed by atoms with van der Waals surface area (Å²) in [6.07, 6.45) is 27.1. The molecule has 4 rings (SSSR count). The molecular formula is C25H42N2. The van der Waals surface area contributed by atoms with Crippen molar-refractivity contribution in [1.29, 1.82) is 0 Å². The van der Waals surface area contributed by atoms with Gasteiger partial charge in [-0.25, -0.2) is 0 Å². The van der Waals surface area contributed by atoms with Gasteiger partial charge >= 0.3 is 0 Å². The Bertz CT molecular complexity index is 485. The van der Waals surface area contributed by atoms with Crippen LogP contribution < -0.4 is 0 Å². The average molecular weight is 371 g/mol. The van der Waals surface area contributed by atoms with Crippen LogP contribution in [0.2, 0.25) is 0 Å². The number of hydrazone groups is 1. The molecule has 0 spiro atoms. The van der Waals surface area contributed by atoms with Gasteiger partial charge in [0, 0.05) is 18.3 Å². The van der Waals surface area contributed by atoms with Gasteiger partial charge in [0.2, 0.25) is 0 Å². The van der Waals surface area contributed by atoms with Crippen LogP contribution in [0.1, 0.15) is 103 Å². The Morgan fingerprint density at radius 2 is 1.30 bits per heavy atom. The van der Waals surface area contributed by atoms with E-state index in [4.69, 9.17) is 5.10 Å². The lowest BCUT2D eigenvalue weighted by Gasteiger charge is -2.45. The molecule has 4 aliphatic rings. The molecular weight excluding hydrogens is 328 g/mol. The second-order valence-electron chi connectivity index (χ2n) is 10.1. The fourth-order valence-corrected chi connectivity index (χ4v) is 6.62. The van der Waals surface area contributed by atoms with E-state index in [-0.39, 0.29) is 0 Å². The highest BCUT2D eigenvalue weighted by Gasteiger charge is 2.36. The number of fused-ring (bicyclic) bond motifs is 1. The molecule has 0 aliphatic heterocycles. The zero-order chi connectivity index (χ0) is 18.5. The Balaban J connectivity index is 1.41. The molecule has 0 saturated heterocycles. The number of hydrogen-bond acceptors (Lipinski definition) is 2. The first-order chi connectivity index (χ1) is 13.3. The quantitative estimate of drug-likeness (QED) is 0.290. The fraction of sp³-hybridized carbons (Fsp3) is 0.880. The summed E-state index contributed by atoms with van der Waals surface area (Å²) < 4.78 is 0. The van der Waals surface area contributed by atoms with Crippen molar-refractivity contribution in [2.24, 2.45) is 28.8 Å². The Morgan fingerprint density at radius 3 is 2.04 bits per heavy atom. The van der Waals surface area contributed by atoms with E-state index in [9.17, 15) is 0 Å². The number of rotatable bonds is 5. The van der Waals surface area contributed by atoms with Crippen molar-refractivity contribution in [3.8, 4) is 0 Å². The van der Waals surface area contributed by atoms with Crippen LogP contribution in [0.5, 0.6) is 0 Å². The molecule has 4 fully saturated rings. The minimum absolute atomic E-state index is 0.707. The summed E-state index contributed by atoms with van der Waals surface area (Å²) in [4.78, 5) is 0. The molecule has 0 amide bonds. The summed E-state index contributed by atoms with van der Waals surface area (Å²) in [5, 5.41) is 7.92. The van der Waals surface area contributed by atoms with E-state index in [2.05, 4.69) is 23.9 Å². The van der Waals surface area contributed by atoms with Crippen molar-refractivity contribution in [1.82, 2.24) is 5.01 Å². The van der Waals surface area contributed by atoms with Crippen LogP contribution in [-0.4, -0.2) is 23.3 Å². The van der Waals surface area contributed by atoms with Crippen LogP contribution in [0, 0.1) is 23.7 Å². The van der Waals surface area contributed by atoms with Gasteiger partial charge in [-0.2, -0.15) is 5.10 Å². The number of nitrogens with zero attached hydrogens (tertiary/aromatic N) is 2. The first-order valence-electron chi connectivity index (χ1n) is 12.3. The minimum atomic E-state index is 0.707. The van der Waals surface area contributed by atoms with E-state index in [0.717, 1.165) is 29.8 Å². The van der Waals surface area contributed by atoms with Crippen molar-refractivity contribution >= 4 is 6.21 Å². The van der Waals surface area contributed by atoms with Gasteiger partial charge in [-0.1, -0.05) is 51.0 Å². The molecule has 3 atom stereocenters. The minimum Gasteiger partial charge on any atom is -0.291 e. The summed E-state index contributed by atoms with van der Waals surface area (Å²) in [6, 6.07) is 1.46. The normalized spacial score (nSPS) is 38.4. The van der Waals surface area contributed by atoms with Crippen molar-refractivity contribution in [2.45, 2.75) is 115 Å². The summed E-state index contributed by atoms with van der Waals surface area (Å²) in [7, 11) is 0. The summed E-state index contributed by atoms with van der Waals surface area (Å²) in [5.41, 5.74) is 0. The van der Waals surface area contributed by atoms with Gasteiger partial charge in [0.15, 0.2) is 0 Å². The molecule has 0 bridgehead atoms. The van der Waals surface area contributed by atoms with Crippen molar-refractivity contribution in [2.75, 3.05) is 0 Å². The highest BCUT2D eigenvalue weighted by Crippen LogP contribution is 2.43. The maximum absolute atomic E-state index is 5.27. The maximum atomic E-state index is 5.27. The Morgan fingerprint density at radius 1 is 0.630 bits per heavy atom. The molecule has 2 nitrogen and oxygen atoms in total. The van der Waals surface area contributed by atoms with Crippen LogP contribution in [-0.2, 0) is 0 Å². The molecule has 27 heavy (non-hydrogen) atoms. The predicted molar refractivity (Wildman–Crippen MR) is 116 cm³/mol. The van der Waals surface area contributed by atoms with Crippen LogP contribution in [0.25, 0.3) is 0 Å². The molecule has 0 N–H and O–H groups in total. The van der Waals surface area contributed by atoms with E-state index in [1.54, 1.807) is 0 Å². The van der Waals surface area contributed by atoms with Crippen LogP contribution in [0.15, 0.2) is 17.8 Å². The molecule has 0 radical (unpaired) electrons. The molecule has 0 aromatic carbocycles. The molecule has 3 unspecified atom stereocenters. The van der Waals surface area contributed by atoms with E-state index >= 15 is 0 Å². The molecule has 4 saturated carbocycles. The second kappa shape index (κ2) is 9.61. The second-order valence-corrected chi connectivity index (χ2v) is 10.1. The lowest BCUT2D eigenvalue weighted by atomic mass is 9.69. The largest absolute Gasteiger partial charge is 0.291 e. The molecule has 0 heterocycles. The van der Waals surface area contributed by atoms with Gasteiger partial charge < -0.3 is 0 Å². The van der Waals surface area contributed by atoms with Crippen LogP contribution >= 0.6 is 0 Å². The van der Waals surface area contributed by atoms with Crippen LogP contribution in [0.4, 0.5) is 0 Å². The predicted octanol–water partition coefficient (Wildman–Crippen LogP) is 6.96. The standard InChI is InChI=1S/C25H42N2/c1-2-20-12-14-21(15-13-20)19-26-27(24-10-4-3-5-11-24)25-17-16-22-8-6-7-9-23(22)18-25/h2,19-25H,1,3-18H2. The third-order valence-corrected chi connectivity index (χ3v) is 8.40. The third kappa shape index (κ3) is 4.98. The maximum Gasteiger partial charge on any atom is 0.0476 e. The van der Waals surface area contributed by atoms with Crippen molar-refractivity contribution in [3.05, 3.63) is 12.7 Å². The Labute approximate surface area is 167 Å². The molecule has 0 aromatic rings. The Kier molecular flexibility index (Phi) is 6.95. The zero-order valence-electron chi connectivity index (χ0n) is 17.5. The number of allylic oxidation sites excluding steroid dienone is 1. The van der Waals surface area contributed by atoms with Gasteiger partial charge in [-0.15, -0.1) is 6.58 Å². The van der Waals surface area contributed by atoms with Gasteiger partial charge in [0.05, 0.1) is 0 Å².